The van der Waals surface area contributed by atoms with Crippen LogP contribution in [0.2, 0.25) is 0 Å². The van der Waals surface area contributed by atoms with Crippen LogP contribution in [0.5, 0.6) is 0 Å². The van der Waals surface area contributed by atoms with Gasteiger partial charge in [-0.05, 0) is 29.4 Å². The van der Waals surface area contributed by atoms with Gasteiger partial charge in [-0.15, -0.1) is 0 Å². The normalized spacial score (nSPS) is 12.0. The Balaban J connectivity index is 1.67. The average molecular weight is 351 g/mol. The van der Waals surface area contributed by atoms with Gasteiger partial charge < -0.3 is 0 Å². The van der Waals surface area contributed by atoms with Gasteiger partial charge in [-0.3, -0.25) is 9.78 Å². The smallest absolute Gasteiger partial charge is 0.163 e. The molecule has 4 aromatic rings. The van der Waals surface area contributed by atoms with Crippen LogP contribution in [-0.4, -0.2) is 10.8 Å². The lowest BCUT2D eigenvalue weighted by molar-refractivity contribution is 0.0973. The van der Waals surface area contributed by atoms with Crippen LogP contribution in [0.25, 0.3) is 10.8 Å². The van der Waals surface area contributed by atoms with E-state index in [0.717, 1.165) is 23.1 Å². The van der Waals surface area contributed by atoms with Crippen LogP contribution in [0, 0.1) is 0 Å². The molecule has 0 saturated carbocycles. The number of aromatic nitrogens is 1. The van der Waals surface area contributed by atoms with Gasteiger partial charge in [0.05, 0.1) is 0 Å². The predicted octanol–water partition coefficient (Wildman–Crippen LogP) is 5.83. The lowest BCUT2D eigenvalue weighted by atomic mass is 9.87. The van der Waals surface area contributed by atoms with Crippen molar-refractivity contribution in [3.63, 3.8) is 0 Å². The molecule has 1 heterocycles. The van der Waals surface area contributed by atoms with E-state index in [1.807, 2.05) is 72.9 Å². The highest BCUT2D eigenvalue weighted by Crippen LogP contribution is 2.28. The average Bonchev–Trinajstić information content (AvgIpc) is 2.74. The summed E-state index contributed by atoms with van der Waals surface area (Å²) >= 11 is 0. The van der Waals surface area contributed by atoms with Crippen LogP contribution in [-0.2, 0) is 6.42 Å². The largest absolute Gasteiger partial charge is 0.294 e. The molecule has 1 aromatic heterocycles. The maximum Gasteiger partial charge on any atom is 0.163 e. The summed E-state index contributed by atoms with van der Waals surface area (Å²) in [5.74, 6) is 0.266. The zero-order chi connectivity index (χ0) is 18.5. The number of carbonyl (C=O) groups excluding carboxylic acids is 1. The molecule has 0 spiro atoms. The third-order valence-electron chi connectivity index (χ3n) is 4.99. The van der Waals surface area contributed by atoms with Crippen LogP contribution in [0.3, 0.4) is 0 Å². The van der Waals surface area contributed by atoms with E-state index in [9.17, 15) is 4.79 Å². The summed E-state index contributed by atoms with van der Waals surface area (Å²) in [6, 6.07) is 30.2. The minimum absolute atomic E-state index is 0.0946. The lowest BCUT2D eigenvalue weighted by Crippen LogP contribution is -2.11. The second-order valence-corrected chi connectivity index (χ2v) is 6.78. The summed E-state index contributed by atoms with van der Waals surface area (Å²) in [6.07, 6.45) is 3.07. The number of nitrogens with zero attached hydrogens (tertiary/aromatic N) is 1. The second-order valence-electron chi connectivity index (χ2n) is 6.78. The zero-order valence-corrected chi connectivity index (χ0v) is 15.1. The molecule has 2 heteroatoms. The van der Waals surface area contributed by atoms with Gasteiger partial charge in [-0.1, -0.05) is 84.9 Å². The number of hydrogen-bond donors (Lipinski definition) is 0. The standard InChI is InChI=1S/C25H21NO/c27-25(21-12-5-2-6-13-21)18-22(19-9-3-1-4-10-19)17-24-23-14-8-7-11-20(23)15-16-26-24/h1-16,22H,17-18H2. The van der Waals surface area contributed by atoms with Crippen molar-refractivity contribution in [3.05, 3.63) is 114 Å². The summed E-state index contributed by atoms with van der Waals surface area (Å²) < 4.78 is 0. The molecule has 3 aromatic carbocycles. The van der Waals surface area contributed by atoms with Crippen molar-refractivity contribution >= 4 is 16.6 Å². The Morgan fingerprint density at radius 3 is 2.22 bits per heavy atom. The summed E-state index contributed by atoms with van der Waals surface area (Å²) in [5.41, 5.74) is 2.99. The molecule has 0 bridgehead atoms. The van der Waals surface area contributed by atoms with E-state index in [2.05, 4.69) is 29.2 Å². The van der Waals surface area contributed by atoms with Crippen molar-refractivity contribution in [2.45, 2.75) is 18.8 Å². The van der Waals surface area contributed by atoms with Gasteiger partial charge in [-0.2, -0.15) is 0 Å². The maximum atomic E-state index is 12.9. The van der Waals surface area contributed by atoms with Gasteiger partial charge in [0.25, 0.3) is 0 Å². The maximum absolute atomic E-state index is 12.9. The van der Waals surface area contributed by atoms with Crippen molar-refractivity contribution in [2.75, 3.05) is 0 Å². The second kappa shape index (κ2) is 7.96. The zero-order valence-electron chi connectivity index (χ0n) is 15.1. The van der Waals surface area contributed by atoms with Crippen molar-refractivity contribution in [1.29, 1.82) is 0 Å². The summed E-state index contributed by atoms with van der Waals surface area (Å²) in [5, 5.41) is 2.34. The predicted molar refractivity (Wildman–Crippen MR) is 110 cm³/mol. The van der Waals surface area contributed by atoms with Gasteiger partial charge in [0.2, 0.25) is 0 Å². The van der Waals surface area contributed by atoms with E-state index in [4.69, 9.17) is 0 Å². The molecular formula is C25H21NO. The minimum atomic E-state index is 0.0946. The highest BCUT2D eigenvalue weighted by Gasteiger charge is 2.19. The molecule has 132 valence electrons. The molecule has 0 aliphatic carbocycles. The Labute approximate surface area is 159 Å². The first kappa shape index (κ1) is 17.2. The van der Waals surface area contributed by atoms with Gasteiger partial charge in [0.1, 0.15) is 0 Å². The molecular weight excluding hydrogens is 330 g/mol. The molecule has 0 aliphatic rings. The highest BCUT2D eigenvalue weighted by molar-refractivity contribution is 5.96. The number of carbonyl (C=O) groups is 1. The Hall–Kier alpha value is -3.26. The fourth-order valence-corrected chi connectivity index (χ4v) is 3.58. The molecule has 0 fully saturated rings. The summed E-state index contributed by atoms with van der Waals surface area (Å²) in [4.78, 5) is 17.5. The fraction of sp³-hybridized carbons (Fsp3) is 0.120. The third kappa shape index (κ3) is 3.95. The fourth-order valence-electron chi connectivity index (χ4n) is 3.58. The number of Topliss-reactive ketones (excluding diaryl/α,β-unsaturated/α-hetero) is 1. The summed E-state index contributed by atoms with van der Waals surface area (Å²) in [6.45, 7) is 0. The topological polar surface area (TPSA) is 30.0 Å². The van der Waals surface area contributed by atoms with E-state index in [1.165, 1.54) is 10.9 Å². The van der Waals surface area contributed by atoms with E-state index in [-0.39, 0.29) is 11.7 Å². The van der Waals surface area contributed by atoms with Crippen LogP contribution < -0.4 is 0 Å². The molecule has 0 saturated heterocycles. The van der Waals surface area contributed by atoms with Crippen molar-refractivity contribution < 1.29 is 4.79 Å². The van der Waals surface area contributed by atoms with Crippen LogP contribution in [0.4, 0.5) is 0 Å². The minimum Gasteiger partial charge on any atom is -0.294 e. The van der Waals surface area contributed by atoms with Crippen LogP contribution in [0.15, 0.2) is 97.2 Å². The molecule has 27 heavy (non-hydrogen) atoms. The number of ketones is 1. The van der Waals surface area contributed by atoms with Crippen LogP contribution in [0.1, 0.15) is 34.0 Å². The number of rotatable bonds is 6. The lowest BCUT2D eigenvalue weighted by Gasteiger charge is -2.18. The van der Waals surface area contributed by atoms with Gasteiger partial charge in [-0.25, -0.2) is 0 Å². The molecule has 1 atom stereocenters. The molecule has 0 radical (unpaired) electrons. The first-order valence-corrected chi connectivity index (χ1v) is 9.27. The number of hydrogen-bond acceptors (Lipinski definition) is 2. The van der Waals surface area contributed by atoms with E-state index in [0.29, 0.717) is 6.42 Å². The molecule has 1 unspecified atom stereocenters. The Morgan fingerprint density at radius 1 is 0.778 bits per heavy atom. The monoisotopic (exact) mass is 351 g/mol. The number of pyridine rings is 1. The third-order valence-corrected chi connectivity index (χ3v) is 4.99. The highest BCUT2D eigenvalue weighted by atomic mass is 16.1. The molecule has 0 N–H and O–H groups in total. The first-order chi connectivity index (χ1) is 13.3. The Morgan fingerprint density at radius 2 is 1.44 bits per heavy atom. The van der Waals surface area contributed by atoms with Crippen molar-refractivity contribution in [2.24, 2.45) is 0 Å². The Kier molecular flexibility index (Phi) is 5.06. The Bertz CT molecular complexity index is 1040. The van der Waals surface area contributed by atoms with Gasteiger partial charge in [0.15, 0.2) is 5.78 Å². The molecule has 2 nitrogen and oxygen atoms in total. The van der Waals surface area contributed by atoms with Crippen LogP contribution >= 0.6 is 0 Å². The van der Waals surface area contributed by atoms with Crippen molar-refractivity contribution in [3.8, 4) is 0 Å². The van der Waals surface area contributed by atoms with Crippen molar-refractivity contribution in [1.82, 2.24) is 4.98 Å². The quantitative estimate of drug-likeness (QED) is 0.409. The first-order valence-electron chi connectivity index (χ1n) is 9.27. The van der Waals surface area contributed by atoms with Gasteiger partial charge in [0, 0.05) is 29.3 Å². The number of benzene rings is 3. The molecule has 4 rings (SSSR count). The van der Waals surface area contributed by atoms with E-state index >= 15 is 0 Å². The number of fused-ring (bicyclic) bond motifs is 1. The van der Waals surface area contributed by atoms with Gasteiger partial charge >= 0.3 is 0 Å². The SMILES string of the molecule is O=C(CC(Cc1nccc2ccccc12)c1ccccc1)c1ccccc1. The van der Waals surface area contributed by atoms with E-state index < -0.39 is 0 Å². The van der Waals surface area contributed by atoms with E-state index in [1.54, 1.807) is 0 Å². The molecule has 0 amide bonds. The molecule has 0 aliphatic heterocycles. The summed E-state index contributed by atoms with van der Waals surface area (Å²) in [7, 11) is 0.